The van der Waals surface area contributed by atoms with Gasteiger partial charge in [-0.05, 0) is 19.3 Å². The fourth-order valence-corrected chi connectivity index (χ4v) is 1.60. The molecule has 0 radical (unpaired) electrons. The zero-order chi connectivity index (χ0) is 11.3. The maximum atomic E-state index is 11.7. The molecule has 0 aromatic carbocycles. The number of carboxylic acids is 1. The van der Waals surface area contributed by atoms with Crippen LogP contribution in [0.15, 0.2) is 0 Å². The van der Waals surface area contributed by atoms with E-state index in [9.17, 15) is 9.59 Å². The summed E-state index contributed by atoms with van der Waals surface area (Å²) in [6.45, 7) is 1.13. The number of nitrogens with zero attached hydrogens (tertiary/aromatic N) is 1. The monoisotopic (exact) mass is 215 g/mol. The molecule has 0 aromatic heterocycles. The summed E-state index contributed by atoms with van der Waals surface area (Å²) in [5.41, 5.74) is 0. The summed E-state index contributed by atoms with van der Waals surface area (Å²) in [6.07, 6.45) is 1.99. The predicted octanol–water partition coefficient (Wildman–Crippen LogP) is 0.489. The van der Waals surface area contributed by atoms with E-state index in [1.165, 1.54) is 0 Å². The smallest absolute Gasteiger partial charge is 0.303 e. The Bertz CT molecular complexity index is 236. The highest BCUT2D eigenvalue weighted by atomic mass is 16.5. The number of likely N-dealkylation sites (N-methyl/N-ethyl adjacent to an activating group) is 1. The van der Waals surface area contributed by atoms with Crippen molar-refractivity contribution in [2.45, 2.75) is 31.8 Å². The number of rotatable bonds is 5. The first-order valence-electron chi connectivity index (χ1n) is 5.19. The molecule has 0 unspecified atom stereocenters. The van der Waals surface area contributed by atoms with Crippen LogP contribution in [-0.4, -0.2) is 48.2 Å². The third-order valence-corrected chi connectivity index (χ3v) is 2.47. The first-order valence-corrected chi connectivity index (χ1v) is 5.19. The van der Waals surface area contributed by atoms with Crippen LogP contribution in [0.1, 0.15) is 25.7 Å². The van der Waals surface area contributed by atoms with Crippen LogP contribution in [-0.2, 0) is 14.3 Å². The highest BCUT2D eigenvalue weighted by Gasteiger charge is 2.26. The third-order valence-electron chi connectivity index (χ3n) is 2.47. The van der Waals surface area contributed by atoms with E-state index in [2.05, 4.69) is 0 Å². The van der Waals surface area contributed by atoms with Crippen LogP contribution in [0.4, 0.5) is 0 Å². The number of ether oxygens (including phenoxy) is 1. The number of carbonyl (C=O) groups excluding carboxylic acids is 1. The van der Waals surface area contributed by atoms with E-state index in [-0.39, 0.29) is 18.4 Å². The number of amides is 1. The van der Waals surface area contributed by atoms with Gasteiger partial charge in [0.2, 0.25) is 0 Å². The van der Waals surface area contributed by atoms with Crippen LogP contribution >= 0.6 is 0 Å². The minimum Gasteiger partial charge on any atom is -0.481 e. The molecule has 0 saturated carbocycles. The normalized spacial score (nSPS) is 20.2. The van der Waals surface area contributed by atoms with Gasteiger partial charge in [-0.2, -0.15) is 0 Å². The van der Waals surface area contributed by atoms with Crippen molar-refractivity contribution in [2.24, 2.45) is 0 Å². The second-order valence-electron chi connectivity index (χ2n) is 3.76. The maximum Gasteiger partial charge on any atom is 0.303 e. The molecule has 1 fully saturated rings. The lowest BCUT2D eigenvalue weighted by atomic mass is 10.2. The lowest BCUT2D eigenvalue weighted by Crippen LogP contribution is -2.36. The molecule has 0 bridgehead atoms. The molecule has 1 aliphatic rings. The number of carboxylic acid groups (broad SMARTS) is 1. The molecule has 15 heavy (non-hydrogen) atoms. The fourth-order valence-electron chi connectivity index (χ4n) is 1.60. The molecule has 86 valence electrons. The summed E-state index contributed by atoms with van der Waals surface area (Å²) in [6, 6.07) is 0. The molecule has 0 aliphatic carbocycles. The molecule has 5 heteroatoms. The van der Waals surface area contributed by atoms with Crippen molar-refractivity contribution in [3.8, 4) is 0 Å². The van der Waals surface area contributed by atoms with Gasteiger partial charge in [-0.15, -0.1) is 0 Å². The zero-order valence-electron chi connectivity index (χ0n) is 8.94. The first-order chi connectivity index (χ1) is 7.11. The van der Waals surface area contributed by atoms with Crippen LogP contribution in [0.3, 0.4) is 0 Å². The summed E-state index contributed by atoms with van der Waals surface area (Å²) >= 11 is 0. The van der Waals surface area contributed by atoms with Crippen molar-refractivity contribution in [3.63, 3.8) is 0 Å². The lowest BCUT2D eigenvalue weighted by molar-refractivity contribution is -0.141. The Morgan fingerprint density at radius 1 is 1.53 bits per heavy atom. The van der Waals surface area contributed by atoms with E-state index in [1.54, 1.807) is 11.9 Å². The Kier molecular flexibility index (Phi) is 4.55. The second kappa shape index (κ2) is 5.70. The van der Waals surface area contributed by atoms with E-state index in [0.29, 0.717) is 19.6 Å². The Morgan fingerprint density at radius 3 is 2.80 bits per heavy atom. The van der Waals surface area contributed by atoms with Crippen molar-refractivity contribution >= 4 is 11.9 Å². The molecule has 0 aromatic rings. The number of hydrogen-bond donors (Lipinski definition) is 1. The zero-order valence-corrected chi connectivity index (χ0v) is 8.94. The lowest BCUT2D eigenvalue weighted by Gasteiger charge is -2.20. The van der Waals surface area contributed by atoms with E-state index in [1.807, 2.05) is 0 Å². The van der Waals surface area contributed by atoms with E-state index >= 15 is 0 Å². The van der Waals surface area contributed by atoms with Crippen LogP contribution in [0.2, 0.25) is 0 Å². The third kappa shape index (κ3) is 3.87. The molecular weight excluding hydrogens is 198 g/mol. The summed E-state index contributed by atoms with van der Waals surface area (Å²) in [4.78, 5) is 23.5. The van der Waals surface area contributed by atoms with Crippen LogP contribution in [0, 0.1) is 0 Å². The molecule has 1 saturated heterocycles. The van der Waals surface area contributed by atoms with E-state index < -0.39 is 5.97 Å². The Hall–Kier alpha value is -1.10. The van der Waals surface area contributed by atoms with Gasteiger partial charge in [-0.1, -0.05) is 0 Å². The van der Waals surface area contributed by atoms with E-state index in [0.717, 1.165) is 12.8 Å². The molecular formula is C10H17NO4. The van der Waals surface area contributed by atoms with E-state index in [4.69, 9.17) is 9.84 Å². The van der Waals surface area contributed by atoms with Gasteiger partial charge in [0, 0.05) is 26.6 Å². The summed E-state index contributed by atoms with van der Waals surface area (Å²) in [5, 5.41) is 8.45. The van der Waals surface area contributed by atoms with Gasteiger partial charge < -0.3 is 14.7 Å². The minimum absolute atomic E-state index is 0.0297. The first kappa shape index (κ1) is 12.0. The molecule has 1 atom stereocenters. The van der Waals surface area contributed by atoms with Crippen molar-refractivity contribution in [1.82, 2.24) is 4.90 Å². The molecule has 5 nitrogen and oxygen atoms in total. The van der Waals surface area contributed by atoms with Gasteiger partial charge in [0.15, 0.2) is 0 Å². The molecule has 1 N–H and O–H groups in total. The van der Waals surface area contributed by atoms with Crippen LogP contribution < -0.4 is 0 Å². The average molecular weight is 215 g/mol. The molecule has 1 rings (SSSR count). The average Bonchev–Trinajstić information content (AvgIpc) is 2.68. The quantitative estimate of drug-likeness (QED) is 0.724. The Labute approximate surface area is 89.0 Å². The van der Waals surface area contributed by atoms with Gasteiger partial charge >= 0.3 is 5.97 Å². The predicted molar refractivity (Wildman–Crippen MR) is 53.5 cm³/mol. The molecule has 0 spiro atoms. The van der Waals surface area contributed by atoms with Crippen LogP contribution in [0.25, 0.3) is 0 Å². The van der Waals surface area contributed by atoms with Gasteiger partial charge in [0.05, 0.1) is 0 Å². The van der Waals surface area contributed by atoms with Crippen molar-refractivity contribution < 1.29 is 19.4 Å². The van der Waals surface area contributed by atoms with Gasteiger partial charge in [-0.25, -0.2) is 0 Å². The largest absolute Gasteiger partial charge is 0.481 e. The fraction of sp³-hybridized carbons (Fsp3) is 0.800. The molecule has 1 amide bonds. The topological polar surface area (TPSA) is 66.8 Å². The van der Waals surface area contributed by atoms with Gasteiger partial charge in [0.25, 0.3) is 5.91 Å². The van der Waals surface area contributed by atoms with Crippen molar-refractivity contribution in [3.05, 3.63) is 0 Å². The van der Waals surface area contributed by atoms with Crippen molar-refractivity contribution in [2.75, 3.05) is 20.2 Å². The number of hydrogen-bond acceptors (Lipinski definition) is 3. The second-order valence-corrected chi connectivity index (χ2v) is 3.76. The minimum atomic E-state index is -0.826. The summed E-state index contributed by atoms with van der Waals surface area (Å²) in [7, 11) is 1.69. The number of aliphatic carboxylic acids is 1. The SMILES string of the molecule is CN(CCCC(=O)O)C(=O)[C@@H]1CCCO1. The summed E-state index contributed by atoms with van der Waals surface area (Å²) in [5.74, 6) is -0.856. The highest BCUT2D eigenvalue weighted by Crippen LogP contribution is 2.14. The standard InChI is InChI=1S/C10H17NO4/c1-11(6-2-5-9(12)13)10(14)8-4-3-7-15-8/h8H,2-7H2,1H3,(H,12,13)/t8-/m0/s1. The van der Waals surface area contributed by atoms with Crippen molar-refractivity contribution in [1.29, 1.82) is 0 Å². The Morgan fingerprint density at radius 2 is 2.27 bits per heavy atom. The van der Waals surface area contributed by atoms with Gasteiger partial charge in [0.1, 0.15) is 6.10 Å². The van der Waals surface area contributed by atoms with Crippen LogP contribution in [0.5, 0.6) is 0 Å². The maximum absolute atomic E-state index is 11.7. The molecule has 1 heterocycles. The summed E-state index contributed by atoms with van der Waals surface area (Å²) < 4.78 is 5.26. The number of carbonyl (C=O) groups is 2. The molecule has 1 aliphatic heterocycles. The highest BCUT2D eigenvalue weighted by molar-refractivity contribution is 5.80. The Balaban J connectivity index is 2.23. The van der Waals surface area contributed by atoms with Gasteiger partial charge in [-0.3, -0.25) is 9.59 Å².